The van der Waals surface area contributed by atoms with Crippen LogP contribution in [-0.2, 0) is 24.7 Å². The van der Waals surface area contributed by atoms with E-state index >= 15 is 0 Å². The van der Waals surface area contributed by atoms with Crippen molar-refractivity contribution >= 4 is 18.1 Å². The second-order valence-electron chi connectivity index (χ2n) is 6.54. The van der Waals surface area contributed by atoms with Gasteiger partial charge in [0.1, 0.15) is 0 Å². The van der Waals surface area contributed by atoms with Gasteiger partial charge in [-0.2, -0.15) is 13.2 Å². The summed E-state index contributed by atoms with van der Waals surface area (Å²) in [5.41, 5.74) is 0. The van der Waals surface area contributed by atoms with E-state index in [1.807, 2.05) is 9.80 Å². The van der Waals surface area contributed by atoms with Gasteiger partial charge < -0.3 is 5.32 Å². The van der Waals surface area contributed by atoms with Crippen LogP contribution in [0.4, 0.5) is 13.2 Å². The molecule has 1 amide bonds. The first-order valence-electron chi connectivity index (χ1n) is 8.19. The van der Waals surface area contributed by atoms with Crippen molar-refractivity contribution < 1.29 is 18.0 Å². The minimum Gasteiger partial charge on any atom is -0.352 e. The third kappa shape index (κ3) is 4.59. The number of nitrogens with one attached hydrogen (secondary N) is 1. The monoisotopic (exact) mass is 378 g/mol. The van der Waals surface area contributed by atoms with Crippen LogP contribution >= 0.6 is 12.2 Å². The summed E-state index contributed by atoms with van der Waals surface area (Å²) in [6, 6.07) is 0.350. The van der Waals surface area contributed by atoms with E-state index in [-0.39, 0.29) is 17.3 Å². The molecule has 11 heteroatoms. The largest absolute Gasteiger partial charge is 0.451 e. The first-order chi connectivity index (χ1) is 11.7. The van der Waals surface area contributed by atoms with E-state index in [0.717, 1.165) is 17.4 Å². The molecule has 0 unspecified atom stereocenters. The highest BCUT2D eigenvalue weighted by molar-refractivity contribution is 7.71. The van der Waals surface area contributed by atoms with E-state index in [2.05, 4.69) is 10.4 Å². The number of carbonyl (C=O) groups is 1. The Morgan fingerprint density at radius 3 is 2.36 bits per heavy atom. The summed E-state index contributed by atoms with van der Waals surface area (Å²) in [6.07, 6.45) is -2.41. The maximum atomic E-state index is 12.9. The fourth-order valence-corrected chi connectivity index (χ4v) is 2.99. The predicted octanol–water partition coefficient (Wildman–Crippen LogP) is 0.824. The van der Waals surface area contributed by atoms with Crippen LogP contribution in [0.3, 0.4) is 0 Å². The van der Waals surface area contributed by atoms with Crippen LogP contribution in [0.15, 0.2) is 0 Å². The number of piperazine rings is 1. The fourth-order valence-electron chi connectivity index (χ4n) is 2.81. The molecule has 0 radical (unpaired) electrons. The number of hydrogen-bond donors (Lipinski definition) is 1. The summed E-state index contributed by atoms with van der Waals surface area (Å²) >= 11 is 5.05. The molecule has 0 bridgehead atoms. The van der Waals surface area contributed by atoms with Crippen molar-refractivity contribution in [2.24, 2.45) is 7.05 Å². The van der Waals surface area contributed by atoms with Crippen molar-refractivity contribution in [3.8, 4) is 0 Å². The van der Waals surface area contributed by atoms with Gasteiger partial charge in [-0.3, -0.25) is 19.2 Å². The molecule has 3 rings (SSSR count). The summed E-state index contributed by atoms with van der Waals surface area (Å²) in [5.74, 6) is -0.953. The number of halogens is 3. The van der Waals surface area contributed by atoms with Crippen LogP contribution in [0.5, 0.6) is 0 Å². The minimum absolute atomic E-state index is 0.0396. The van der Waals surface area contributed by atoms with Crippen LogP contribution in [0.2, 0.25) is 0 Å². The molecular formula is C14H21F3N6OS. The van der Waals surface area contributed by atoms with Gasteiger partial charge >= 0.3 is 6.18 Å². The maximum absolute atomic E-state index is 12.9. The smallest absolute Gasteiger partial charge is 0.352 e. The van der Waals surface area contributed by atoms with Crippen molar-refractivity contribution in [3.63, 3.8) is 0 Å². The zero-order valence-corrected chi connectivity index (χ0v) is 14.7. The van der Waals surface area contributed by atoms with Gasteiger partial charge in [0.05, 0.1) is 13.2 Å². The van der Waals surface area contributed by atoms with E-state index < -0.39 is 12.0 Å². The third-order valence-corrected chi connectivity index (χ3v) is 4.89. The zero-order valence-electron chi connectivity index (χ0n) is 13.9. The summed E-state index contributed by atoms with van der Waals surface area (Å²) in [6.45, 7) is 3.25. The highest BCUT2D eigenvalue weighted by Crippen LogP contribution is 2.27. The fraction of sp³-hybridized carbons (Fsp3) is 0.786. The Morgan fingerprint density at radius 2 is 1.84 bits per heavy atom. The summed E-state index contributed by atoms with van der Waals surface area (Å²) in [5, 5.41) is 6.56. The number of nitrogens with zero attached hydrogens (tertiary/aromatic N) is 5. The second-order valence-corrected chi connectivity index (χ2v) is 6.91. The van der Waals surface area contributed by atoms with Crippen molar-refractivity contribution in [2.75, 3.05) is 32.7 Å². The lowest BCUT2D eigenvalue weighted by Gasteiger charge is -2.33. The Bertz CT molecular complexity index is 688. The lowest BCUT2D eigenvalue weighted by atomic mass is 10.3. The van der Waals surface area contributed by atoms with Gasteiger partial charge in [-0.1, -0.05) is 0 Å². The number of aromatic nitrogens is 3. The zero-order chi connectivity index (χ0) is 18.2. The van der Waals surface area contributed by atoms with Gasteiger partial charge in [0.2, 0.25) is 11.7 Å². The lowest BCUT2D eigenvalue weighted by Crippen LogP contribution is -2.50. The molecule has 2 aliphatic rings. The number of amides is 1. The van der Waals surface area contributed by atoms with E-state index in [0.29, 0.717) is 38.8 Å². The van der Waals surface area contributed by atoms with Gasteiger partial charge in [-0.15, -0.1) is 5.10 Å². The topological polar surface area (TPSA) is 58.3 Å². The van der Waals surface area contributed by atoms with Gasteiger partial charge in [-0.25, -0.2) is 4.68 Å². The van der Waals surface area contributed by atoms with E-state index in [1.165, 1.54) is 11.7 Å². The summed E-state index contributed by atoms with van der Waals surface area (Å²) < 4.78 is 40.8. The average Bonchev–Trinajstić information content (AvgIpc) is 3.29. The quantitative estimate of drug-likeness (QED) is 0.769. The molecule has 0 spiro atoms. The minimum atomic E-state index is -4.53. The van der Waals surface area contributed by atoms with E-state index in [9.17, 15) is 18.0 Å². The normalized spacial score (nSPS) is 20.0. The van der Waals surface area contributed by atoms with Crippen LogP contribution < -0.4 is 5.32 Å². The maximum Gasteiger partial charge on any atom is 0.451 e. The highest BCUT2D eigenvalue weighted by atomic mass is 32.1. The van der Waals surface area contributed by atoms with Crippen molar-refractivity contribution in [2.45, 2.75) is 31.7 Å². The van der Waals surface area contributed by atoms with Crippen LogP contribution in [0, 0.1) is 4.77 Å². The Kier molecular flexibility index (Phi) is 5.16. The molecule has 1 aromatic rings. The Balaban J connectivity index is 1.52. The van der Waals surface area contributed by atoms with Crippen LogP contribution in [0.1, 0.15) is 18.7 Å². The molecule has 1 aliphatic heterocycles. The molecule has 1 aliphatic carbocycles. The van der Waals surface area contributed by atoms with Gasteiger partial charge in [-0.05, 0) is 25.1 Å². The highest BCUT2D eigenvalue weighted by Gasteiger charge is 2.37. The van der Waals surface area contributed by atoms with Crippen molar-refractivity contribution in [1.29, 1.82) is 0 Å². The molecule has 1 saturated heterocycles. The average molecular weight is 378 g/mol. The summed E-state index contributed by atoms with van der Waals surface area (Å²) in [4.78, 5) is 15.8. The number of rotatable bonds is 5. The SMILES string of the molecule is Cn1c(C(F)(F)F)nn(CN2CCN(CC(=O)NC3CC3)CC2)c1=S. The summed E-state index contributed by atoms with van der Waals surface area (Å²) in [7, 11) is 1.27. The van der Waals surface area contributed by atoms with Gasteiger partial charge in [0.25, 0.3) is 0 Å². The second kappa shape index (κ2) is 7.04. The van der Waals surface area contributed by atoms with Crippen molar-refractivity contribution in [3.05, 3.63) is 10.6 Å². The Morgan fingerprint density at radius 1 is 1.24 bits per heavy atom. The Hall–Kier alpha value is -1.46. The van der Waals surface area contributed by atoms with Crippen LogP contribution in [-0.4, -0.2) is 68.8 Å². The van der Waals surface area contributed by atoms with E-state index in [1.54, 1.807) is 0 Å². The molecule has 0 atom stereocenters. The predicted molar refractivity (Wildman–Crippen MR) is 86.2 cm³/mol. The van der Waals surface area contributed by atoms with E-state index in [4.69, 9.17) is 12.2 Å². The molecule has 140 valence electrons. The molecule has 2 heterocycles. The molecule has 1 N–H and O–H groups in total. The molecule has 2 fully saturated rings. The molecule has 7 nitrogen and oxygen atoms in total. The number of carbonyl (C=O) groups excluding carboxylic acids is 1. The Labute approximate surface area is 148 Å². The first-order valence-corrected chi connectivity index (χ1v) is 8.60. The molecule has 25 heavy (non-hydrogen) atoms. The molecule has 0 aromatic carbocycles. The number of hydrogen-bond acceptors (Lipinski definition) is 5. The third-order valence-electron chi connectivity index (χ3n) is 4.40. The van der Waals surface area contributed by atoms with Crippen LogP contribution in [0.25, 0.3) is 0 Å². The molecular weight excluding hydrogens is 357 g/mol. The first kappa shape index (κ1) is 18.3. The van der Waals surface area contributed by atoms with Gasteiger partial charge in [0, 0.05) is 39.3 Å². The van der Waals surface area contributed by atoms with Gasteiger partial charge in [0.15, 0.2) is 4.77 Å². The molecule has 1 aromatic heterocycles. The van der Waals surface area contributed by atoms with Crippen molar-refractivity contribution in [1.82, 2.24) is 29.5 Å². The number of alkyl halides is 3. The molecule has 1 saturated carbocycles. The standard InChI is InChI=1S/C14H21F3N6OS/c1-20-12(14(15,16)17)19-23(13(20)25)9-22-6-4-21(5-7-22)8-11(24)18-10-2-3-10/h10H,2-9H2,1H3,(H,18,24). The lowest BCUT2D eigenvalue weighted by molar-refractivity contribution is -0.147.